The fraction of sp³-hybridized carbons (Fsp3) is 0.235. The predicted molar refractivity (Wildman–Crippen MR) is 93.3 cm³/mol. The SMILES string of the molecule is Cc1cc(C(=O)CSc2nnc(-c3ccccc3C)o2)c(C)s1. The van der Waals surface area contributed by atoms with Crippen LogP contribution in [-0.2, 0) is 0 Å². The molecule has 2 aromatic heterocycles. The molecule has 1 aromatic carbocycles. The van der Waals surface area contributed by atoms with Crippen molar-refractivity contribution >= 4 is 28.9 Å². The van der Waals surface area contributed by atoms with Gasteiger partial charge in [0.05, 0.1) is 5.75 Å². The number of nitrogens with zero attached hydrogens (tertiary/aromatic N) is 2. The van der Waals surface area contributed by atoms with Crippen LogP contribution < -0.4 is 0 Å². The maximum absolute atomic E-state index is 12.3. The molecule has 3 aromatic rings. The van der Waals surface area contributed by atoms with Gasteiger partial charge in [-0.2, -0.15) is 0 Å². The number of aromatic nitrogens is 2. The lowest BCUT2D eigenvalue weighted by atomic mass is 10.1. The predicted octanol–water partition coefficient (Wildman–Crippen LogP) is 4.70. The third kappa shape index (κ3) is 3.54. The molecule has 0 unspecified atom stereocenters. The van der Waals surface area contributed by atoms with E-state index in [1.165, 1.54) is 11.8 Å². The molecule has 0 N–H and O–H groups in total. The molecule has 0 radical (unpaired) electrons. The molecule has 0 saturated carbocycles. The average molecular weight is 344 g/mol. The number of aryl methyl sites for hydroxylation is 3. The van der Waals surface area contributed by atoms with Gasteiger partial charge in [0.1, 0.15) is 0 Å². The third-order valence-corrected chi connectivity index (χ3v) is 5.23. The molecule has 2 heterocycles. The Labute approximate surface area is 142 Å². The van der Waals surface area contributed by atoms with Gasteiger partial charge in [-0.15, -0.1) is 21.5 Å². The molecule has 0 aliphatic rings. The van der Waals surface area contributed by atoms with E-state index in [2.05, 4.69) is 10.2 Å². The van der Waals surface area contributed by atoms with Crippen molar-refractivity contribution in [3.05, 3.63) is 51.2 Å². The minimum Gasteiger partial charge on any atom is -0.411 e. The molecule has 0 fully saturated rings. The van der Waals surface area contributed by atoms with Crippen molar-refractivity contribution in [1.29, 1.82) is 0 Å². The Morgan fingerprint density at radius 1 is 1.22 bits per heavy atom. The van der Waals surface area contributed by atoms with Crippen LogP contribution in [0.3, 0.4) is 0 Å². The van der Waals surface area contributed by atoms with Crippen molar-refractivity contribution in [2.24, 2.45) is 0 Å². The first-order valence-electron chi connectivity index (χ1n) is 7.17. The second-order valence-electron chi connectivity index (χ2n) is 5.23. The van der Waals surface area contributed by atoms with E-state index in [-0.39, 0.29) is 5.78 Å². The Bertz CT molecular complexity index is 852. The van der Waals surface area contributed by atoms with Crippen LogP contribution in [-0.4, -0.2) is 21.7 Å². The standard InChI is InChI=1S/C17H16N2O2S2/c1-10-6-4-5-7-13(10)16-18-19-17(21-16)22-9-15(20)14-8-11(2)23-12(14)3/h4-8H,9H2,1-3H3. The third-order valence-electron chi connectivity index (χ3n) is 3.45. The van der Waals surface area contributed by atoms with Gasteiger partial charge in [-0.25, -0.2) is 0 Å². The molecular weight excluding hydrogens is 328 g/mol. The second-order valence-corrected chi connectivity index (χ2v) is 7.61. The molecule has 0 spiro atoms. The van der Waals surface area contributed by atoms with E-state index in [0.717, 1.165) is 26.4 Å². The van der Waals surface area contributed by atoms with Crippen LogP contribution in [0.2, 0.25) is 0 Å². The Hall–Kier alpha value is -1.92. The summed E-state index contributed by atoms with van der Waals surface area (Å²) in [5.41, 5.74) is 2.79. The Balaban J connectivity index is 1.69. The monoisotopic (exact) mass is 344 g/mol. The van der Waals surface area contributed by atoms with Gasteiger partial charge in [0.15, 0.2) is 5.78 Å². The molecule has 0 saturated heterocycles. The number of carbonyl (C=O) groups is 1. The first kappa shape index (κ1) is 16.0. The van der Waals surface area contributed by atoms with E-state index >= 15 is 0 Å². The van der Waals surface area contributed by atoms with Crippen molar-refractivity contribution < 1.29 is 9.21 Å². The highest BCUT2D eigenvalue weighted by Gasteiger charge is 2.15. The van der Waals surface area contributed by atoms with Crippen molar-refractivity contribution in [1.82, 2.24) is 10.2 Å². The van der Waals surface area contributed by atoms with Gasteiger partial charge in [0.25, 0.3) is 5.22 Å². The van der Waals surface area contributed by atoms with E-state index in [4.69, 9.17) is 4.42 Å². The fourth-order valence-corrected chi connectivity index (χ4v) is 3.89. The number of hydrogen-bond donors (Lipinski definition) is 0. The van der Waals surface area contributed by atoms with E-state index in [0.29, 0.717) is 16.9 Å². The quantitative estimate of drug-likeness (QED) is 0.496. The van der Waals surface area contributed by atoms with Gasteiger partial charge in [-0.1, -0.05) is 30.0 Å². The van der Waals surface area contributed by atoms with Crippen LogP contribution in [0.4, 0.5) is 0 Å². The number of benzene rings is 1. The summed E-state index contributed by atoms with van der Waals surface area (Å²) < 4.78 is 5.66. The zero-order valence-corrected chi connectivity index (χ0v) is 14.8. The number of rotatable bonds is 5. The molecule has 0 atom stereocenters. The van der Waals surface area contributed by atoms with Crippen LogP contribution in [0.1, 0.15) is 25.7 Å². The van der Waals surface area contributed by atoms with Gasteiger partial charge in [0, 0.05) is 20.9 Å². The number of Topliss-reactive ketones (excluding diaryl/α,β-unsaturated/α-hetero) is 1. The van der Waals surface area contributed by atoms with Crippen LogP contribution in [0.25, 0.3) is 11.5 Å². The molecule has 0 amide bonds. The van der Waals surface area contributed by atoms with Crippen molar-refractivity contribution in [3.8, 4) is 11.5 Å². The van der Waals surface area contributed by atoms with Crippen LogP contribution in [0.15, 0.2) is 40.0 Å². The molecule has 23 heavy (non-hydrogen) atoms. The number of hydrogen-bond acceptors (Lipinski definition) is 6. The topological polar surface area (TPSA) is 56.0 Å². The zero-order chi connectivity index (χ0) is 16.4. The van der Waals surface area contributed by atoms with Gasteiger partial charge in [-0.05, 0) is 38.5 Å². The number of thioether (sulfide) groups is 1. The van der Waals surface area contributed by atoms with Crippen molar-refractivity contribution in [2.45, 2.75) is 26.0 Å². The van der Waals surface area contributed by atoms with Gasteiger partial charge in [0.2, 0.25) is 5.89 Å². The van der Waals surface area contributed by atoms with Crippen molar-refractivity contribution in [2.75, 3.05) is 5.75 Å². The highest BCUT2D eigenvalue weighted by atomic mass is 32.2. The summed E-state index contributed by atoms with van der Waals surface area (Å²) in [5.74, 6) is 0.875. The second kappa shape index (κ2) is 6.68. The van der Waals surface area contributed by atoms with Gasteiger partial charge in [-0.3, -0.25) is 4.79 Å². The molecule has 0 aliphatic carbocycles. The average Bonchev–Trinajstić information content (AvgIpc) is 3.12. The number of carbonyl (C=O) groups excluding carboxylic acids is 1. The van der Waals surface area contributed by atoms with Gasteiger partial charge < -0.3 is 4.42 Å². The summed E-state index contributed by atoms with van der Waals surface area (Å²) in [6.07, 6.45) is 0. The molecular formula is C17H16N2O2S2. The summed E-state index contributed by atoms with van der Waals surface area (Å²) in [4.78, 5) is 14.5. The maximum Gasteiger partial charge on any atom is 0.277 e. The fourth-order valence-electron chi connectivity index (χ4n) is 2.30. The first-order chi connectivity index (χ1) is 11.0. The molecule has 118 valence electrons. The summed E-state index contributed by atoms with van der Waals surface area (Å²) >= 11 is 2.92. The summed E-state index contributed by atoms with van der Waals surface area (Å²) in [6.45, 7) is 5.98. The van der Waals surface area contributed by atoms with E-state index < -0.39 is 0 Å². The van der Waals surface area contributed by atoms with Crippen LogP contribution in [0, 0.1) is 20.8 Å². The first-order valence-corrected chi connectivity index (χ1v) is 8.97. The number of ketones is 1. The molecule has 4 nitrogen and oxygen atoms in total. The van der Waals surface area contributed by atoms with Crippen LogP contribution in [0.5, 0.6) is 0 Å². The zero-order valence-electron chi connectivity index (χ0n) is 13.1. The Morgan fingerprint density at radius 3 is 2.70 bits per heavy atom. The highest BCUT2D eigenvalue weighted by molar-refractivity contribution is 7.99. The lowest BCUT2D eigenvalue weighted by Crippen LogP contribution is -2.02. The Kier molecular flexibility index (Phi) is 4.63. The summed E-state index contributed by atoms with van der Waals surface area (Å²) in [6, 6.07) is 9.78. The highest BCUT2D eigenvalue weighted by Crippen LogP contribution is 2.27. The smallest absolute Gasteiger partial charge is 0.277 e. The lowest BCUT2D eigenvalue weighted by molar-refractivity contribution is 0.102. The normalized spacial score (nSPS) is 10.9. The lowest BCUT2D eigenvalue weighted by Gasteiger charge is -1.99. The molecule has 3 rings (SSSR count). The minimum atomic E-state index is 0.0903. The Morgan fingerprint density at radius 2 is 2.00 bits per heavy atom. The molecule has 0 bridgehead atoms. The maximum atomic E-state index is 12.3. The molecule has 6 heteroatoms. The summed E-state index contributed by atoms with van der Waals surface area (Å²) in [7, 11) is 0. The van der Waals surface area contributed by atoms with Gasteiger partial charge >= 0.3 is 0 Å². The van der Waals surface area contributed by atoms with Crippen molar-refractivity contribution in [3.63, 3.8) is 0 Å². The minimum absolute atomic E-state index is 0.0903. The van der Waals surface area contributed by atoms with Crippen LogP contribution >= 0.6 is 23.1 Å². The van der Waals surface area contributed by atoms with E-state index in [1.54, 1.807) is 11.3 Å². The summed E-state index contributed by atoms with van der Waals surface area (Å²) in [5, 5.41) is 8.51. The molecule has 0 aliphatic heterocycles. The van der Waals surface area contributed by atoms with E-state index in [9.17, 15) is 4.79 Å². The van der Waals surface area contributed by atoms with E-state index in [1.807, 2.05) is 51.1 Å². The number of thiophene rings is 1. The largest absolute Gasteiger partial charge is 0.411 e.